The summed E-state index contributed by atoms with van der Waals surface area (Å²) in [6.45, 7) is 0.182. The monoisotopic (exact) mass is 290 g/mol. The third-order valence-electron chi connectivity index (χ3n) is 3.51. The summed E-state index contributed by atoms with van der Waals surface area (Å²) >= 11 is 0. The van der Waals surface area contributed by atoms with Crippen LogP contribution in [0.15, 0.2) is 66.7 Å². The Bertz CT molecular complexity index is 822. The molecule has 0 spiro atoms. The Hall–Kier alpha value is -2.94. The van der Waals surface area contributed by atoms with Crippen molar-refractivity contribution in [1.29, 1.82) is 0 Å². The predicted octanol–water partition coefficient (Wildman–Crippen LogP) is 4.01. The molecule has 0 aliphatic carbocycles. The van der Waals surface area contributed by atoms with Gasteiger partial charge >= 0.3 is 5.97 Å². The number of fused-ring (bicyclic) bond motifs is 1. The van der Waals surface area contributed by atoms with E-state index >= 15 is 0 Å². The summed E-state index contributed by atoms with van der Waals surface area (Å²) in [5.41, 5.74) is 1.57. The molecular weight excluding hydrogens is 276 g/mol. The van der Waals surface area contributed by atoms with Gasteiger partial charge in [0, 0.05) is 5.56 Å². The standard InChI is InChI=1S/C19H14O3/c20-12-16-11-10-15-8-4-5-9-17(15)18(16)19(21)22-13-14-6-2-1-3-7-14/h1-12H,13H2. The molecule has 3 nitrogen and oxygen atoms in total. The Labute approximate surface area is 128 Å². The summed E-state index contributed by atoms with van der Waals surface area (Å²) in [5.74, 6) is -0.484. The molecule has 0 atom stereocenters. The van der Waals surface area contributed by atoms with E-state index in [0.29, 0.717) is 17.4 Å². The zero-order valence-corrected chi connectivity index (χ0v) is 11.9. The van der Waals surface area contributed by atoms with Crippen LogP contribution in [-0.2, 0) is 11.3 Å². The second-order valence-electron chi connectivity index (χ2n) is 4.93. The Balaban J connectivity index is 1.94. The molecule has 0 saturated carbocycles. The summed E-state index contributed by atoms with van der Waals surface area (Å²) in [7, 11) is 0. The van der Waals surface area contributed by atoms with Crippen molar-refractivity contribution < 1.29 is 14.3 Å². The van der Waals surface area contributed by atoms with E-state index in [-0.39, 0.29) is 6.61 Å². The van der Waals surface area contributed by atoms with Gasteiger partial charge in [-0.05, 0) is 16.3 Å². The van der Waals surface area contributed by atoms with Crippen molar-refractivity contribution in [2.45, 2.75) is 6.61 Å². The minimum absolute atomic E-state index is 0.182. The first kappa shape index (κ1) is 14.0. The zero-order valence-electron chi connectivity index (χ0n) is 11.9. The van der Waals surface area contributed by atoms with Crippen LogP contribution in [0.4, 0.5) is 0 Å². The van der Waals surface area contributed by atoms with E-state index in [1.54, 1.807) is 6.07 Å². The largest absolute Gasteiger partial charge is 0.457 e. The van der Waals surface area contributed by atoms with Crippen LogP contribution >= 0.6 is 0 Å². The van der Waals surface area contributed by atoms with Crippen molar-refractivity contribution >= 4 is 23.0 Å². The summed E-state index contributed by atoms with van der Waals surface area (Å²) in [6, 6.07) is 20.4. The fraction of sp³-hybridized carbons (Fsp3) is 0.0526. The molecule has 3 rings (SSSR count). The molecule has 0 N–H and O–H groups in total. The highest BCUT2D eigenvalue weighted by molar-refractivity contribution is 6.10. The van der Waals surface area contributed by atoms with Gasteiger partial charge in [0.1, 0.15) is 6.61 Å². The highest BCUT2D eigenvalue weighted by Crippen LogP contribution is 2.23. The van der Waals surface area contributed by atoms with Crippen molar-refractivity contribution in [2.75, 3.05) is 0 Å². The number of ether oxygens (including phenoxy) is 1. The lowest BCUT2D eigenvalue weighted by Gasteiger charge is -2.10. The molecule has 0 bridgehead atoms. The van der Waals surface area contributed by atoms with Crippen molar-refractivity contribution in [1.82, 2.24) is 0 Å². The maximum absolute atomic E-state index is 12.4. The Kier molecular flexibility index (Phi) is 3.97. The Morgan fingerprint density at radius 1 is 0.909 bits per heavy atom. The van der Waals surface area contributed by atoms with E-state index in [9.17, 15) is 9.59 Å². The van der Waals surface area contributed by atoms with E-state index < -0.39 is 5.97 Å². The number of esters is 1. The molecular formula is C19H14O3. The molecule has 0 radical (unpaired) electrons. The molecule has 3 heteroatoms. The zero-order chi connectivity index (χ0) is 15.4. The molecule has 0 unspecified atom stereocenters. The van der Waals surface area contributed by atoms with Gasteiger partial charge in [0.2, 0.25) is 0 Å². The van der Waals surface area contributed by atoms with Gasteiger partial charge in [0.25, 0.3) is 0 Å². The van der Waals surface area contributed by atoms with E-state index in [2.05, 4.69) is 0 Å². The van der Waals surface area contributed by atoms with Crippen molar-refractivity contribution in [3.8, 4) is 0 Å². The third-order valence-corrected chi connectivity index (χ3v) is 3.51. The summed E-state index contributed by atoms with van der Waals surface area (Å²) < 4.78 is 5.37. The van der Waals surface area contributed by atoms with Crippen molar-refractivity contribution in [2.24, 2.45) is 0 Å². The van der Waals surface area contributed by atoms with E-state index in [1.165, 1.54) is 0 Å². The molecule has 0 aliphatic rings. The van der Waals surface area contributed by atoms with Gasteiger partial charge in [-0.1, -0.05) is 66.7 Å². The number of hydrogen-bond acceptors (Lipinski definition) is 3. The van der Waals surface area contributed by atoms with Crippen LogP contribution in [0.1, 0.15) is 26.3 Å². The molecule has 0 fully saturated rings. The third kappa shape index (κ3) is 2.74. The minimum atomic E-state index is -0.484. The predicted molar refractivity (Wildman–Crippen MR) is 84.9 cm³/mol. The van der Waals surface area contributed by atoms with Gasteiger partial charge in [0.05, 0.1) is 5.56 Å². The molecule has 0 aliphatic heterocycles. The molecule has 108 valence electrons. The fourth-order valence-electron chi connectivity index (χ4n) is 2.41. The maximum atomic E-state index is 12.4. The van der Waals surface area contributed by atoms with Gasteiger partial charge < -0.3 is 4.74 Å². The molecule has 0 aromatic heterocycles. The Morgan fingerprint density at radius 3 is 2.41 bits per heavy atom. The van der Waals surface area contributed by atoms with E-state index in [0.717, 1.165) is 16.3 Å². The highest BCUT2D eigenvalue weighted by Gasteiger charge is 2.16. The normalized spacial score (nSPS) is 10.4. The summed E-state index contributed by atoms with van der Waals surface area (Å²) in [4.78, 5) is 23.7. The highest BCUT2D eigenvalue weighted by atomic mass is 16.5. The number of rotatable bonds is 4. The van der Waals surface area contributed by atoms with Crippen molar-refractivity contribution in [3.63, 3.8) is 0 Å². The van der Waals surface area contributed by atoms with Crippen LogP contribution in [0, 0.1) is 0 Å². The average Bonchev–Trinajstić information content (AvgIpc) is 2.59. The molecule has 0 saturated heterocycles. The van der Waals surface area contributed by atoms with Crippen LogP contribution in [0.2, 0.25) is 0 Å². The Morgan fingerprint density at radius 2 is 1.64 bits per heavy atom. The number of carbonyl (C=O) groups excluding carboxylic acids is 2. The van der Waals surface area contributed by atoms with Crippen LogP contribution in [0.3, 0.4) is 0 Å². The lowest BCUT2D eigenvalue weighted by molar-refractivity contribution is 0.0473. The number of hydrogen-bond donors (Lipinski definition) is 0. The lowest BCUT2D eigenvalue weighted by Crippen LogP contribution is -2.09. The summed E-state index contributed by atoms with van der Waals surface area (Å²) in [5, 5.41) is 1.63. The first-order valence-corrected chi connectivity index (χ1v) is 6.97. The van der Waals surface area contributed by atoms with Crippen molar-refractivity contribution in [3.05, 3.63) is 83.4 Å². The van der Waals surface area contributed by atoms with Crippen LogP contribution < -0.4 is 0 Å². The fourth-order valence-corrected chi connectivity index (χ4v) is 2.41. The number of benzene rings is 3. The second-order valence-corrected chi connectivity index (χ2v) is 4.93. The molecule has 22 heavy (non-hydrogen) atoms. The molecule has 0 amide bonds. The number of carbonyl (C=O) groups is 2. The van der Waals surface area contributed by atoms with Gasteiger partial charge in [-0.25, -0.2) is 4.79 Å². The first-order chi connectivity index (χ1) is 10.8. The van der Waals surface area contributed by atoms with Gasteiger partial charge in [-0.15, -0.1) is 0 Å². The van der Waals surface area contributed by atoms with Gasteiger partial charge in [-0.3, -0.25) is 4.79 Å². The SMILES string of the molecule is O=Cc1ccc2ccccc2c1C(=O)OCc1ccccc1. The topological polar surface area (TPSA) is 43.4 Å². The molecule has 3 aromatic carbocycles. The first-order valence-electron chi connectivity index (χ1n) is 6.97. The van der Waals surface area contributed by atoms with Gasteiger partial charge in [0.15, 0.2) is 6.29 Å². The average molecular weight is 290 g/mol. The second kappa shape index (κ2) is 6.22. The summed E-state index contributed by atoms with van der Waals surface area (Å²) in [6.07, 6.45) is 0.686. The van der Waals surface area contributed by atoms with E-state index in [1.807, 2.05) is 60.7 Å². The van der Waals surface area contributed by atoms with Crippen LogP contribution in [0.5, 0.6) is 0 Å². The van der Waals surface area contributed by atoms with E-state index in [4.69, 9.17) is 4.74 Å². The van der Waals surface area contributed by atoms with Crippen LogP contribution in [-0.4, -0.2) is 12.3 Å². The van der Waals surface area contributed by atoms with Crippen LogP contribution in [0.25, 0.3) is 10.8 Å². The maximum Gasteiger partial charge on any atom is 0.339 e. The quantitative estimate of drug-likeness (QED) is 0.538. The number of aldehydes is 1. The molecule has 0 heterocycles. The minimum Gasteiger partial charge on any atom is -0.457 e. The molecule has 3 aromatic rings. The lowest BCUT2D eigenvalue weighted by atomic mass is 9.99. The smallest absolute Gasteiger partial charge is 0.339 e. The van der Waals surface area contributed by atoms with Gasteiger partial charge in [-0.2, -0.15) is 0 Å².